The van der Waals surface area contributed by atoms with Crippen LogP contribution in [-0.4, -0.2) is 21.3 Å². The van der Waals surface area contributed by atoms with Gasteiger partial charge in [0, 0.05) is 23.4 Å². The van der Waals surface area contributed by atoms with E-state index in [-0.39, 0.29) is 5.82 Å². The standard InChI is InChI=1S/C20H15FN2O2/c1-12-17-18(15-4-2-3-5-16(15)19(24)20(17)25)22-23(12)11-10-13-6-8-14(21)9-7-13/h2-9H,10-11H2,1H3. The predicted molar refractivity (Wildman–Crippen MR) is 91.2 cm³/mol. The molecule has 1 aromatic heterocycles. The number of carbonyl (C=O) groups excluding carboxylic acids is 2. The van der Waals surface area contributed by atoms with Crippen molar-refractivity contribution in [2.75, 3.05) is 0 Å². The smallest absolute Gasteiger partial charge is 0.237 e. The van der Waals surface area contributed by atoms with Crippen molar-refractivity contribution < 1.29 is 14.0 Å². The van der Waals surface area contributed by atoms with Crippen LogP contribution >= 0.6 is 0 Å². The summed E-state index contributed by atoms with van der Waals surface area (Å²) in [4.78, 5) is 24.8. The van der Waals surface area contributed by atoms with Gasteiger partial charge in [-0.3, -0.25) is 14.3 Å². The number of hydrogen-bond donors (Lipinski definition) is 0. The highest BCUT2D eigenvalue weighted by Crippen LogP contribution is 2.34. The molecule has 4 rings (SSSR count). The van der Waals surface area contributed by atoms with Crippen molar-refractivity contribution in [3.05, 3.63) is 76.7 Å². The third-order valence-electron chi connectivity index (χ3n) is 4.59. The van der Waals surface area contributed by atoms with Crippen LogP contribution in [0.5, 0.6) is 0 Å². The van der Waals surface area contributed by atoms with Gasteiger partial charge in [0.1, 0.15) is 11.5 Å². The summed E-state index contributed by atoms with van der Waals surface area (Å²) in [5.74, 6) is -1.25. The summed E-state index contributed by atoms with van der Waals surface area (Å²) in [5, 5.41) is 4.58. The number of Topliss-reactive ketones (excluding diaryl/α,β-unsaturated/α-hetero) is 2. The normalized spacial score (nSPS) is 12.9. The Morgan fingerprint density at radius 1 is 0.960 bits per heavy atom. The Balaban J connectivity index is 1.71. The highest BCUT2D eigenvalue weighted by Gasteiger charge is 2.34. The zero-order valence-electron chi connectivity index (χ0n) is 13.6. The lowest BCUT2D eigenvalue weighted by atomic mass is 9.87. The minimum Gasteiger partial charge on any atom is -0.285 e. The number of rotatable bonds is 3. The van der Waals surface area contributed by atoms with Crippen molar-refractivity contribution in [3.8, 4) is 11.3 Å². The zero-order chi connectivity index (χ0) is 17.6. The second-order valence-corrected chi connectivity index (χ2v) is 6.11. The third-order valence-corrected chi connectivity index (χ3v) is 4.59. The Bertz CT molecular complexity index is 1000. The monoisotopic (exact) mass is 334 g/mol. The van der Waals surface area contributed by atoms with Crippen LogP contribution < -0.4 is 0 Å². The fourth-order valence-electron chi connectivity index (χ4n) is 3.23. The number of halogens is 1. The Hall–Kier alpha value is -3.08. The largest absolute Gasteiger partial charge is 0.285 e. The fourth-order valence-corrected chi connectivity index (χ4v) is 3.23. The van der Waals surface area contributed by atoms with Crippen molar-refractivity contribution in [2.45, 2.75) is 19.9 Å². The quantitative estimate of drug-likeness (QED) is 0.688. The molecule has 3 aromatic rings. The Morgan fingerprint density at radius 3 is 2.36 bits per heavy atom. The average molecular weight is 334 g/mol. The van der Waals surface area contributed by atoms with E-state index in [9.17, 15) is 14.0 Å². The van der Waals surface area contributed by atoms with E-state index in [0.29, 0.717) is 41.0 Å². The fraction of sp³-hybridized carbons (Fsp3) is 0.150. The maximum Gasteiger partial charge on any atom is 0.237 e. The first kappa shape index (κ1) is 15.4. The molecule has 0 atom stereocenters. The maximum atomic E-state index is 13.0. The molecule has 0 bridgehead atoms. The molecule has 0 radical (unpaired) electrons. The van der Waals surface area contributed by atoms with Crippen LogP contribution in [0, 0.1) is 12.7 Å². The van der Waals surface area contributed by atoms with Crippen molar-refractivity contribution >= 4 is 11.6 Å². The molecular weight excluding hydrogens is 319 g/mol. The molecule has 0 fully saturated rings. The van der Waals surface area contributed by atoms with Crippen molar-refractivity contribution in [1.29, 1.82) is 0 Å². The molecule has 0 aliphatic heterocycles. The molecule has 1 aliphatic rings. The van der Waals surface area contributed by atoms with Crippen molar-refractivity contribution in [2.24, 2.45) is 0 Å². The van der Waals surface area contributed by atoms with Crippen LogP contribution in [0.4, 0.5) is 4.39 Å². The zero-order valence-corrected chi connectivity index (χ0v) is 13.6. The van der Waals surface area contributed by atoms with E-state index in [1.807, 2.05) is 12.1 Å². The molecular formula is C20H15FN2O2. The van der Waals surface area contributed by atoms with Crippen LogP contribution in [-0.2, 0) is 13.0 Å². The molecule has 5 heteroatoms. The first-order valence-corrected chi connectivity index (χ1v) is 8.06. The first-order chi connectivity index (χ1) is 12.1. The molecule has 0 amide bonds. The van der Waals surface area contributed by atoms with Gasteiger partial charge in [0.2, 0.25) is 11.6 Å². The van der Waals surface area contributed by atoms with E-state index in [4.69, 9.17) is 0 Å². The van der Waals surface area contributed by atoms with Gasteiger partial charge in [-0.05, 0) is 31.0 Å². The molecule has 4 nitrogen and oxygen atoms in total. The van der Waals surface area contributed by atoms with Crippen LogP contribution in [0.2, 0.25) is 0 Å². The summed E-state index contributed by atoms with van der Waals surface area (Å²) in [7, 11) is 0. The van der Waals surface area contributed by atoms with E-state index in [1.54, 1.807) is 35.9 Å². The van der Waals surface area contributed by atoms with E-state index in [0.717, 1.165) is 5.56 Å². The number of hydrogen-bond acceptors (Lipinski definition) is 3. The summed E-state index contributed by atoms with van der Waals surface area (Å²) < 4.78 is 14.8. The summed E-state index contributed by atoms with van der Waals surface area (Å²) in [5.41, 5.74) is 3.73. The lowest BCUT2D eigenvalue weighted by molar-refractivity contribution is 0.0815. The van der Waals surface area contributed by atoms with Crippen LogP contribution in [0.1, 0.15) is 32.0 Å². The number of aryl methyl sites for hydroxylation is 2. The highest BCUT2D eigenvalue weighted by molar-refractivity contribution is 6.53. The van der Waals surface area contributed by atoms with E-state index in [1.165, 1.54) is 12.1 Å². The molecule has 0 N–H and O–H groups in total. The lowest BCUT2D eigenvalue weighted by Gasteiger charge is -2.12. The maximum absolute atomic E-state index is 13.0. The van der Waals surface area contributed by atoms with E-state index >= 15 is 0 Å². The topological polar surface area (TPSA) is 52.0 Å². The molecule has 0 saturated carbocycles. The van der Waals surface area contributed by atoms with Crippen LogP contribution in [0.25, 0.3) is 11.3 Å². The minimum absolute atomic E-state index is 0.268. The average Bonchev–Trinajstić information content (AvgIpc) is 2.96. The molecule has 2 aromatic carbocycles. The van der Waals surface area contributed by atoms with Gasteiger partial charge in [0.05, 0.1) is 5.56 Å². The van der Waals surface area contributed by atoms with Gasteiger partial charge in [-0.15, -0.1) is 0 Å². The van der Waals surface area contributed by atoms with Gasteiger partial charge < -0.3 is 0 Å². The van der Waals surface area contributed by atoms with Gasteiger partial charge in [0.25, 0.3) is 0 Å². The SMILES string of the molecule is Cc1c2c(nn1CCc1ccc(F)cc1)-c1ccccc1C(=O)C2=O. The molecule has 124 valence electrons. The minimum atomic E-state index is -0.501. The van der Waals surface area contributed by atoms with Crippen LogP contribution in [0.3, 0.4) is 0 Å². The van der Waals surface area contributed by atoms with Crippen molar-refractivity contribution in [1.82, 2.24) is 9.78 Å². The second-order valence-electron chi connectivity index (χ2n) is 6.11. The molecule has 25 heavy (non-hydrogen) atoms. The second kappa shape index (κ2) is 5.77. The summed E-state index contributed by atoms with van der Waals surface area (Å²) in [6, 6.07) is 13.4. The summed E-state index contributed by atoms with van der Waals surface area (Å²) in [6.45, 7) is 2.35. The molecule has 0 spiro atoms. The van der Waals surface area contributed by atoms with Gasteiger partial charge in [-0.2, -0.15) is 5.10 Å². The number of carbonyl (C=O) groups is 2. The van der Waals surface area contributed by atoms with Gasteiger partial charge >= 0.3 is 0 Å². The van der Waals surface area contributed by atoms with Crippen LogP contribution in [0.15, 0.2) is 48.5 Å². The Kier molecular flexibility index (Phi) is 3.57. The molecule has 0 unspecified atom stereocenters. The van der Waals surface area contributed by atoms with E-state index < -0.39 is 11.6 Å². The van der Waals surface area contributed by atoms with Gasteiger partial charge in [0.15, 0.2) is 0 Å². The van der Waals surface area contributed by atoms with Gasteiger partial charge in [-0.25, -0.2) is 4.39 Å². The predicted octanol–water partition coefficient (Wildman–Crippen LogP) is 3.62. The number of nitrogens with zero attached hydrogens (tertiary/aromatic N) is 2. The highest BCUT2D eigenvalue weighted by atomic mass is 19.1. The van der Waals surface area contributed by atoms with Crippen molar-refractivity contribution in [3.63, 3.8) is 0 Å². The summed E-state index contributed by atoms with van der Waals surface area (Å²) >= 11 is 0. The van der Waals surface area contributed by atoms with E-state index in [2.05, 4.69) is 5.10 Å². The number of aromatic nitrogens is 2. The molecule has 1 aliphatic carbocycles. The lowest BCUT2D eigenvalue weighted by Crippen LogP contribution is -2.21. The number of ketones is 2. The third kappa shape index (κ3) is 2.48. The number of benzene rings is 2. The Morgan fingerprint density at radius 2 is 1.64 bits per heavy atom. The van der Waals surface area contributed by atoms with Gasteiger partial charge in [-0.1, -0.05) is 36.4 Å². The number of fused-ring (bicyclic) bond motifs is 3. The Labute approximate surface area is 143 Å². The molecule has 1 heterocycles. The first-order valence-electron chi connectivity index (χ1n) is 8.06. The molecule has 0 saturated heterocycles. The summed E-state index contributed by atoms with van der Waals surface area (Å²) in [6.07, 6.45) is 0.658.